The zero-order valence-corrected chi connectivity index (χ0v) is 15.3. The minimum Gasteiger partial charge on any atom is -0.339 e. The SMILES string of the molecule is Cc1cccc2c(C(=O)N3CCC(C)CC3)cc(-c3cccnc3)nc12. The molecule has 26 heavy (non-hydrogen) atoms. The van der Waals surface area contributed by atoms with Crippen LogP contribution in [0.5, 0.6) is 0 Å². The lowest BCUT2D eigenvalue weighted by molar-refractivity contribution is 0.0699. The molecule has 0 aliphatic carbocycles. The van der Waals surface area contributed by atoms with Crippen LogP contribution >= 0.6 is 0 Å². The number of carbonyl (C=O) groups is 1. The van der Waals surface area contributed by atoms with Gasteiger partial charge in [0, 0.05) is 36.4 Å². The Morgan fingerprint density at radius 3 is 2.69 bits per heavy atom. The van der Waals surface area contributed by atoms with E-state index in [0.717, 1.165) is 59.2 Å². The molecule has 3 heterocycles. The molecule has 0 radical (unpaired) electrons. The smallest absolute Gasteiger partial charge is 0.254 e. The lowest BCUT2D eigenvalue weighted by Crippen LogP contribution is -2.38. The largest absolute Gasteiger partial charge is 0.339 e. The lowest BCUT2D eigenvalue weighted by atomic mass is 9.97. The van der Waals surface area contributed by atoms with Gasteiger partial charge in [-0.15, -0.1) is 0 Å². The van der Waals surface area contributed by atoms with Crippen LogP contribution in [0.3, 0.4) is 0 Å². The Labute approximate surface area is 153 Å². The molecule has 4 rings (SSSR count). The number of aryl methyl sites for hydroxylation is 1. The van der Waals surface area contributed by atoms with Gasteiger partial charge in [-0.05, 0) is 49.4 Å². The predicted molar refractivity (Wildman–Crippen MR) is 104 cm³/mol. The Kier molecular flexibility index (Phi) is 4.41. The van der Waals surface area contributed by atoms with E-state index in [4.69, 9.17) is 4.98 Å². The first kappa shape index (κ1) is 16.7. The quantitative estimate of drug-likeness (QED) is 0.688. The second-order valence-corrected chi connectivity index (χ2v) is 7.24. The monoisotopic (exact) mass is 345 g/mol. The van der Waals surface area contributed by atoms with Gasteiger partial charge in [-0.25, -0.2) is 4.98 Å². The summed E-state index contributed by atoms with van der Waals surface area (Å²) in [6.07, 6.45) is 5.69. The van der Waals surface area contributed by atoms with E-state index >= 15 is 0 Å². The lowest BCUT2D eigenvalue weighted by Gasteiger charge is -2.30. The number of rotatable bonds is 2. The van der Waals surface area contributed by atoms with Crippen molar-refractivity contribution in [3.8, 4) is 11.3 Å². The van der Waals surface area contributed by atoms with Crippen LogP contribution in [0, 0.1) is 12.8 Å². The van der Waals surface area contributed by atoms with E-state index in [9.17, 15) is 4.79 Å². The van der Waals surface area contributed by atoms with Crippen LogP contribution in [0.25, 0.3) is 22.2 Å². The van der Waals surface area contributed by atoms with Gasteiger partial charge < -0.3 is 4.90 Å². The van der Waals surface area contributed by atoms with Crippen molar-refractivity contribution in [3.63, 3.8) is 0 Å². The number of para-hydroxylation sites is 1. The van der Waals surface area contributed by atoms with Crippen LogP contribution < -0.4 is 0 Å². The molecule has 1 saturated heterocycles. The van der Waals surface area contributed by atoms with Crippen molar-refractivity contribution in [1.29, 1.82) is 0 Å². The highest BCUT2D eigenvalue weighted by molar-refractivity contribution is 6.07. The van der Waals surface area contributed by atoms with E-state index in [1.165, 1.54) is 0 Å². The maximum atomic E-state index is 13.3. The summed E-state index contributed by atoms with van der Waals surface area (Å²) in [5, 5.41) is 0.932. The third-order valence-electron chi connectivity index (χ3n) is 5.30. The molecule has 0 unspecified atom stereocenters. The second-order valence-electron chi connectivity index (χ2n) is 7.24. The molecule has 1 aliphatic rings. The fraction of sp³-hybridized carbons (Fsp3) is 0.318. The number of amides is 1. The summed E-state index contributed by atoms with van der Waals surface area (Å²) in [4.78, 5) is 24.3. The average molecular weight is 345 g/mol. The molecule has 0 spiro atoms. The van der Waals surface area contributed by atoms with Crippen molar-refractivity contribution < 1.29 is 4.79 Å². The molecule has 4 heteroatoms. The maximum absolute atomic E-state index is 13.3. The first-order chi connectivity index (χ1) is 12.6. The molecule has 132 valence electrons. The van der Waals surface area contributed by atoms with Gasteiger partial charge in [0.25, 0.3) is 5.91 Å². The van der Waals surface area contributed by atoms with Crippen molar-refractivity contribution in [2.75, 3.05) is 13.1 Å². The van der Waals surface area contributed by atoms with Crippen molar-refractivity contribution >= 4 is 16.8 Å². The molecule has 4 nitrogen and oxygen atoms in total. The number of likely N-dealkylation sites (tertiary alicyclic amines) is 1. The van der Waals surface area contributed by atoms with E-state index in [1.807, 2.05) is 48.2 Å². The first-order valence-corrected chi connectivity index (χ1v) is 9.23. The molecule has 3 aromatic rings. The Morgan fingerprint density at radius 2 is 1.96 bits per heavy atom. The van der Waals surface area contributed by atoms with Crippen molar-refractivity contribution in [1.82, 2.24) is 14.9 Å². The first-order valence-electron chi connectivity index (χ1n) is 9.23. The maximum Gasteiger partial charge on any atom is 0.254 e. The number of hydrogen-bond donors (Lipinski definition) is 0. The number of piperidine rings is 1. The van der Waals surface area contributed by atoms with Gasteiger partial charge in [0.2, 0.25) is 0 Å². The number of pyridine rings is 2. The normalized spacial score (nSPS) is 15.4. The minimum atomic E-state index is 0.111. The molecule has 2 aromatic heterocycles. The number of nitrogens with zero attached hydrogens (tertiary/aromatic N) is 3. The molecule has 1 aliphatic heterocycles. The fourth-order valence-corrected chi connectivity index (χ4v) is 3.61. The predicted octanol–water partition coefficient (Wildman–Crippen LogP) is 4.48. The van der Waals surface area contributed by atoms with Gasteiger partial charge in [-0.3, -0.25) is 9.78 Å². The van der Waals surface area contributed by atoms with E-state index in [0.29, 0.717) is 5.92 Å². The number of benzene rings is 1. The second kappa shape index (κ2) is 6.87. The van der Waals surface area contributed by atoms with Crippen LogP contribution in [-0.2, 0) is 0 Å². The Balaban J connectivity index is 1.84. The van der Waals surface area contributed by atoms with Gasteiger partial charge >= 0.3 is 0 Å². The van der Waals surface area contributed by atoms with Crippen LogP contribution in [0.15, 0.2) is 48.8 Å². The average Bonchev–Trinajstić information content (AvgIpc) is 2.68. The van der Waals surface area contributed by atoms with Crippen molar-refractivity contribution in [2.24, 2.45) is 5.92 Å². The van der Waals surface area contributed by atoms with Crippen LogP contribution in [0.2, 0.25) is 0 Å². The third kappa shape index (κ3) is 3.07. The number of aromatic nitrogens is 2. The molecule has 1 fully saturated rings. The Bertz CT molecular complexity index is 944. The number of carbonyl (C=O) groups excluding carboxylic acids is 1. The summed E-state index contributed by atoms with van der Waals surface area (Å²) in [5.74, 6) is 0.807. The molecule has 0 N–H and O–H groups in total. The topological polar surface area (TPSA) is 46.1 Å². The van der Waals surface area contributed by atoms with Crippen LogP contribution in [0.1, 0.15) is 35.7 Å². The standard InChI is InChI=1S/C22H23N3O/c1-15-8-11-25(12-9-15)22(26)19-13-20(17-6-4-10-23-14-17)24-21-16(2)5-3-7-18(19)21/h3-7,10,13-15H,8-9,11-12H2,1-2H3. The minimum absolute atomic E-state index is 0.111. The van der Waals surface area contributed by atoms with Gasteiger partial charge in [0.1, 0.15) is 0 Å². The highest BCUT2D eigenvalue weighted by Crippen LogP contribution is 2.28. The highest BCUT2D eigenvalue weighted by Gasteiger charge is 2.24. The van der Waals surface area contributed by atoms with E-state index in [1.54, 1.807) is 12.4 Å². The van der Waals surface area contributed by atoms with Gasteiger partial charge in [0.05, 0.1) is 16.8 Å². The zero-order chi connectivity index (χ0) is 18.1. The summed E-state index contributed by atoms with van der Waals surface area (Å²) < 4.78 is 0. The Hall–Kier alpha value is -2.75. The molecule has 0 atom stereocenters. The van der Waals surface area contributed by atoms with E-state index in [-0.39, 0.29) is 5.91 Å². The van der Waals surface area contributed by atoms with Gasteiger partial charge in [-0.1, -0.05) is 25.1 Å². The highest BCUT2D eigenvalue weighted by atomic mass is 16.2. The summed E-state index contributed by atoms with van der Waals surface area (Å²) in [5.41, 5.74) is 4.44. The molecule has 0 saturated carbocycles. The van der Waals surface area contributed by atoms with Crippen LogP contribution in [0.4, 0.5) is 0 Å². The zero-order valence-electron chi connectivity index (χ0n) is 15.3. The van der Waals surface area contributed by atoms with Gasteiger partial charge in [-0.2, -0.15) is 0 Å². The van der Waals surface area contributed by atoms with Gasteiger partial charge in [0.15, 0.2) is 0 Å². The summed E-state index contributed by atoms with van der Waals surface area (Å²) in [6.45, 7) is 5.96. The fourth-order valence-electron chi connectivity index (χ4n) is 3.61. The number of hydrogen-bond acceptors (Lipinski definition) is 3. The molecular weight excluding hydrogens is 322 g/mol. The van der Waals surface area contributed by atoms with E-state index in [2.05, 4.69) is 11.9 Å². The third-order valence-corrected chi connectivity index (χ3v) is 5.30. The summed E-state index contributed by atoms with van der Waals surface area (Å²) >= 11 is 0. The molecule has 1 amide bonds. The van der Waals surface area contributed by atoms with Crippen molar-refractivity contribution in [2.45, 2.75) is 26.7 Å². The van der Waals surface area contributed by atoms with E-state index < -0.39 is 0 Å². The van der Waals surface area contributed by atoms with Crippen LogP contribution in [-0.4, -0.2) is 33.9 Å². The molecule has 1 aromatic carbocycles. The molecular formula is C22H23N3O. The Morgan fingerprint density at radius 1 is 1.15 bits per heavy atom. The summed E-state index contributed by atoms with van der Waals surface area (Å²) in [6, 6.07) is 11.8. The number of fused-ring (bicyclic) bond motifs is 1. The van der Waals surface area contributed by atoms with Crippen molar-refractivity contribution in [3.05, 3.63) is 59.9 Å². The summed E-state index contributed by atoms with van der Waals surface area (Å²) in [7, 11) is 0. The molecule has 0 bridgehead atoms.